The van der Waals surface area contributed by atoms with Gasteiger partial charge in [0.1, 0.15) is 11.2 Å². The maximum absolute atomic E-state index is 6.34. The van der Waals surface area contributed by atoms with Crippen molar-refractivity contribution in [1.29, 1.82) is 0 Å². The number of hydrogen-bond donors (Lipinski definition) is 0. The van der Waals surface area contributed by atoms with Crippen molar-refractivity contribution in [2.24, 2.45) is 0 Å². The van der Waals surface area contributed by atoms with Crippen LogP contribution in [-0.2, 0) is 6.42 Å². The summed E-state index contributed by atoms with van der Waals surface area (Å²) in [5, 5.41) is 8.68. The molecule has 0 saturated carbocycles. The van der Waals surface area contributed by atoms with Gasteiger partial charge in [-0.05, 0) is 119 Å². The first kappa shape index (κ1) is 30.8. The minimum absolute atomic E-state index is 0.103. The van der Waals surface area contributed by atoms with Gasteiger partial charge in [0.05, 0.1) is 11.7 Å². The van der Waals surface area contributed by atoms with Crippen LogP contribution < -0.4 is 4.90 Å². The second kappa shape index (κ2) is 11.9. The summed E-state index contributed by atoms with van der Waals surface area (Å²) < 4.78 is 8.75. The van der Waals surface area contributed by atoms with Crippen LogP contribution in [0.5, 0.6) is 0 Å². The van der Waals surface area contributed by atoms with E-state index in [-0.39, 0.29) is 6.04 Å². The molecular weight excluding hydrogens is 657 g/mol. The number of benzene rings is 7. The molecule has 2 aromatic heterocycles. The molecule has 7 aromatic carbocycles. The van der Waals surface area contributed by atoms with E-state index in [1.54, 1.807) is 0 Å². The molecule has 1 unspecified atom stereocenters. The van der Waals surface area contributed by atoms with Gasteiger partial charge in [0.15, 0.2) is 0 Å². The minimum Gasteiger partial charge on any atom is -0.456 e. The van der Waals surface area contributed by atoms with E-state index in [1.165, 1.54) is 77.3 Å². The van der Waals surface area contributed by atoms with Crippen molar-refractivity contribution in [3.8, 4) is 34.6 Å². The van der Waals surface area contributed by atoms with Crippen molar-refractivity contribution in [3.63, 3.8) is 0 Å². The molecule has 0 aliphatic heterocycles. The molecule has 0 spiro atoms. The molecule has 54 heavy (non-hydrogen) atoms. The Hall–Kier alpha value is -6.76. The van der Waals surface area contributed by atoms with Gasteiger partial charge in [-0.1, -0.05) is 109 Å². The molecule has 2 aliphatic carbocycles. The van der Waals surface area contributed by atoms with Gasteiger partial charge >= 0.3 is 0 Å². The van der Waals surface area contributed by atoms with E-state index >= 15 is 0 Å². The van der Waals surface area contributed by atoms with Crippen LogP contribution in [0.15, 0.2) is 156 Å². The normalized spacial score (nSPS) is 13.9. The lowest BCUT2D eigenvalue weighted by Crippen LogP contribution is -2.21. The van der Waals surface area contributed by atoms with Crippen molar-refractivity contribution >= 4 is 71.8 Å². The summed E-state index contributed by atoms with van der Waals surface area (Å²) in [6.45, 7) is 2.06. The highest BCUT2D eigenvalue weighted by Crippen LogP contribution is 2.55. The molecule has 0 saturated heterocycles. The van der Waals surface area contributed by atoms with E-state index in [0.29, 0.717) is 0 Å². The first-order valence-electron chi connectivity index (χ1n) is 18.9. The second-order valence-corrected chi connectivity index (χ2v) is 14.6. The lowest BCUT2D eigenvalue weighted by atomic mass is 9.94. The Balaban J connectivity index is 1.20. The Kier molecular flexibility index (Phi) is 6.78. The van der Waals surface area contributed by atoms with Crippen LogP contribution in [0, 0.1) is 12.3 Å². The fourth-order valence-corrected chi connectivity index (χ4v) is 9.42. The first-order chi connectivity index (χ1) is 26.7. The van der Waals surface area contributed by atoms with E-state index in [4.69, 9.17) is 10.8 Å². The number of nitrogens with zero attached hydrogens (tertiary/aromatic N) is 2. The Labute approximate surface area is 314 Å². The summed E-state index contributed by atoms with van der Waals surface area (Å²) in [6.07, 6.45) is 15.6. The third kappa shape index (κ3) is 4.38. The molecule has 0 radical (unpaired) electrons. The fraction of sp³-hybridized carbons (Fsp3) is 0.0980. The molecule has 9 aromatic rings. The Bertz CT molecular complexity index is 3120. The number of aryl methyl sites for hydroxylation is 1. The molecule has 2 aliphatic rings. The van der Waals surface area contributed by atoms with Gasteiger partial charge in [-0.3, -0.25) is 0 Å². The van der Waals surface area contributed by atoms with E-state index in [2.05, 4.69) is 168 Å². The number of furan rings is 1. The molecule has 256 valence electrons. The van der Waals surface area contributed by atoms with E-state index in [0.717, 1.165) is 46.9 Å². The standard InChI is InChI=1S/C51H36N2O/c1-3-5-16-34(4-2)53-44-22-10-8-18-38(44)39-27-25-36(31-46(39)53)52(35-26-28-48-43(30-35)40-19-9-11-24-47(40)54-48)45-23-13-21-42-50(45)41-20-12-15-33-29-32-14-6-7-17-37(32)51(42)49(33)41/h2-3,5-15,17-24,26,28-31,34H,16,25,27H2,1H3/b5-3-. The number of hydrogen-bond acceptors (Lipinski definition) is 2. The van der Waals surface area contributed by atoms with E-state index in [9.17, 15) is 0 Å². The maximum atomic E-state index is 6.34. The number of terminal acetylenes is 1. The Morgan fingerprint density at radius 2 is 1.48 bits per heavy atom. The molecule has 11 rings (SSSR count). The quantitative estimate of drug-likeness (QED) is 0.0983. The maximum Gasteiger partial charge on any atom is 0.135 e. The first-order valence-corrected chi connectivity index (χ1v) is 18.9. The average Bonchev–Trinajstić information content (AvgIpc) is 3.87. The zero-order valence-corrected chi connectivity index (χ0v) is 30.0. The molecule has 1 atom stereocenters. The van der Waals surface area contributed by atoms with Crippen LogP contribution in [-0.4, -0.2) is 4.57 Å². The molecular formula is C51H36N2O. The molecule has 3 nitrogen and oxygen atoms in total. The second-order valence-electron chi connectivity index (χ2n) is 14.6. The number of fused-ring (bicyclic) bond motifs is 11. The predicted molar refractivity (Wildman–Crippen MR) is 227 cm³/mol. The third-order valence-electron chi connectivity index (χ3n) is 11.7. The van der Waals surface area contributed by atoms with Gasteiger partial charge in [0, 0.05) is 44.3 Å². The van der Waals surface area contributed by atoms with Crippen LogP contribution in [0.2, 0.25) is 0 Å². The zero-order chi connectivity index (χ0) is 35.9. The molecule has 3 heteroatoms. The average molecular weight is 693 g/mol. The number of rotatable bonds is 6. The Morgan fingerprint density at radius 3 is 2.37 bits per heavy atom. The SMILES string of the molecule is C#CC(C/C=C\C)n1c2c(c3ccccc31)CCC(N(c1ccc3oc4ccccc4c3c1)c1cccc3c1-c1cccc4cc5ccccc5c-3c14)=C2. The van der Waals surface area contributed by atoms with Gasteiger partial charge in [-0.2, -0.15) is 0 Å². The molecule has 0 bridgehead atoms. The highest BCUT2D eigenvalue weighted by molar-refractivity contribution is 6.25. The summed E-state index contributed by atoms with van der Waals surface area (Å²) in [5.41, 5.74) is 14.2. The summed E-state index contributed by atoms with van der Waals surface area (Å²) in [4.78, 5) is 2.52. The van der Waals surface area contributed by atoms with Crippen molar-refractivity contribution in [2.75, 3.05) is 4.90 Å². The molecule has 0 amide bonds. The van der Waals surface area contributed by atoms with Crippen LogP contribution in [0.3, 0.4) is 0 Å². The van der Waals surface area contributed by atoms with Gasteiger partial charge in [0.25, 0.3) is 0 Å². The predicted octanol–water partition coefficient (Wildman–Crippen LogP) is 13.8. The summed E-state index contributed by atoms with van der Waals surface area (Å²) >= 11 is 0. The monoisotopic (exact) mass is 692 g/mol. The third-order valence-corrected chi connectivity index (χ3v) is 11.7. The van der Waals surface area contributed by atoms with Gasteiger partial charge < -0.3 is 13.9 Å². The molecule has 2 heterocycles. The summed E-state index contributed by atoms with van der Waals surface area (Å²) in [6, 6.07) is 48.5. The Morgan fingerprint density at radius 1 is 0.722 bits per heavy atom. The number of aromatic nitrogens is 1. The summed E-state index contributed by atoms with van der Waals surface area (Å²) in [7, 11) is 0. The highest BCUT2D eigenvalue weighted by atomic mass is 16.3. The largest absolute Gasteiger partial charge is 0.456 e. The lowest BCUT2D eigenvalue weighted by Gasteiger charge is -2.32. The number of allylic oxidation sites excluding steroid dienone is 3. The van der Waals surface area contributed by atoms with E-state index in [1.807, 2.05) is 6.07 Å². The van der Waals surface area contributed by atoms with Crippen molar-refractivity contribution < 1.29 is 4.42 Å². The zero-order valence-electron chi connectivity index (χ0n) is 30.0. The van der Waals surface area contributed by atoms with Crippen LogP contribution in [0.4, 0.5) is 11.4 Å². The van der Waals surface area contributed by atoms with Gasteiger partial charge in [-0.25, -0.2) is 0 Å². The van der Waals surface area contributed by atoms with Crippen LogP contribution in [0.1, 0.15) is 37.1 Å². The lowest BCUT2D eigenvalue weighted by molar-refractivity contribution is 0.644. The van der Waals surface area contributed by atoms with E-state index < -0.39 is 0 Å². The van der Waals surface area contributed by atoms with Crippen molar-refractivity contribution in [3.05, 3.63) is 163 Å². The van der Waals surface area contributed by atoms with Crippen molar-refractivity contribution in [2.45, 2.75) is 32.2 Å². The number of para-hydroxylation sites is 2. The number of anilines is 2. The van der Waals surface area contributed by atoms with Crippen LogP contribution in [0.25, 0.3) is 82.7 Å². The topological polar surface area (TPSA) is 21.3 Å². The van der Waals surface area contributed by atoms with Gasteiger partial charge in [0.2, 0.25) is 0 Å². The smallest absolute Gasteiger partial charge is 0.135 e. The highest BCUT2D eigenvalue weighted by Gasteiger charge is 2.31. The molecule has 0 N–H and O–H groups in total. The minimum atomic E-state index is -0.103. The molecule has 0 fully saturated rings. The summed E-state index contributed by atoms with van der Waals surface area (Å²) in [5.74, 6) is 3.15. The van der Waals surface area contributed by atoms with Gasteiger partial charge in [-0.15, -0.1) is 6.42 Å². The fourth-order valence-electron chi connectivity index (χ4n) is 9.42. The van der Waals surface area contributed by atoms with Crippen LogP contribution >= 0.6 is 0 Å². The van der Waals surface area contributed by atoms with Crippen molar-refractivity contribution in [1.82, 2.24) is 4.57 Å².